The predicted octanol–water partition coefficient (Wildman–Crippen LogP) is 6.25. The standard InChI is InChI=1S/C36H47N3O4S/c1-27-13-11-16-31(23-27)26-38(34(25-30-14-7-5-8-15-30)36(41)37-32-17-9-6-10-18-32)35(40)19-12-22-39(44(4,42)43)33-24-28(2)20-21-29(33)3/h5,7-8,11,13-16,20-21,23-24,32,34H,6,9-10,12,17-19,22,25-26H2,1-4H3,(H,37,41)/t34-/m1/s1. The van der Waals surface area contributed by atoms with Crippen LogP contribution < -0.4 is 9.62 Å². The number of amides is 2. The number of nitrogens with one attached hydrogen (secondary N) is 1. The van der Waals surface area contributed by atoms with Crippen LogP contribution in [0.1, 0.15) is 72.8 Å². The molecule has 3 aromatic rings. The maximum atomic E-state index is 14.1. The monoisotopic (exact) mass is 617 g/mol. The maximum Gasteiger partial charge on any atom is 0.243 e. The van der Waals surface area contributed by atoms with Gasteiger partial charge in [0.25, 0.3) is 0 Å². The summed E-state index contributed by atoms with van der Waals surface area (Å²) in [5.74, 6) is -0.296. The van der Waals surface area contributed by atoms with Crippen molar-refractivity contribution in [2.45, 2.75) is 90.8 Å². The Balaban J connectivity index is 1.60. The number of anilines is 1. The van der Waals surface area contributed by atoms with Gasteiger partial charge in [0.15, 0.2) is 0 Å². The molecule has 44 heavy (non-hydrogen) atoms. The van der Waals surface area contributed by atoms with Gasteiger partial charge in [0.1, 0.15) is 6.04 Å². The molecule has 0 aromatic heterocycles. The lowest BCUT2D eigenvalue weighted by Crippen LogP contribution is -2.53. The van der Waals surface area contributed by atoms with E-state index < -0.39 is 16.1 Å². The van der Waals surface area contributed by atoms with E-state index in [0.717, 1.165) is 53.5 Å². The molecule has 7 nitrogen and oxygen atoms in total. The van der Waals surface area contributed by atoms with Crippen LogP contribution in [-0.2, 0) is 32.6 Å². The van der Waals surface area contributed by atoms with Gasteiger partial charge in [-0.15, -0.1) is 0 Å². The quantitative estimate of drug-likeness (QED) is 0.246. The molecule has 236 valence electrons. The average Bonchev–Trinajstić information content (AvgIpc) is 2.99. The summed E-state index contributed by atoms with van der Waals surface area (Å²) in [6.07, 6.45) is 7.32. The molecule has 0 radical (unpaired) electrons. The van der Waals surface area contributed by atoms with E-state index in [2.05, 4.69) is 5.32 Å². The molecule has 2 amide bonds. The molecule has 3 aromatic carbocycles. The number of hydrogen-bond acceptors (Lipinski definition) is 4. The van der Waals surface area contributed by atoms with Gasteiger partial charge in [0, 0.05) is 32.0 Å². The number of carbonyl (C=O) groups excluding carboxylic acids is 2. The number of carbonyl (C=O) groups is 2. The molecule has 0 spiro atoms. The van der Waals surface area contributed by atoms with Crippen LogP contribution in [-0.4, -0.2) is 50.0 Å². The van der Waals surface area contributed by atoms with Crippen LogP contribution in [0.15, 0.2) is 72.8 Å². The van der Waals surface area contributed by atoms with Gasteiger partial charge in [0.05, 0.1) is 11.9 Å². The van der Waals surface area contributed by atoms with Gasteiger partial charge in [-0.05, 0) is 68.4 Å². The molecule has 0 heterocycles. The van der Waals surface area contributed by atoms with Gasteiger partial charge >= 0.3 is 0 Å². The molecule has 0 saturated heterocycles. The molecular weight excluding hydrogens is 570 g/mol. The molecule has 0 bridgehead atoms. The second kappa shape index (κ2) is 15.4. The summed E-state index contributed by atoms with van der Waals surface area (Å²) in [6, 6.07) is 23.0. The summed E-state index contributed by atoms with van der Waals surface area (Å²) in [6.45, 7) is 6.30. The normalized spacial score (nSPS) is 14.5. The van der Waals surface area contributed by atoms with Gasteiger partial charge in [0.2, 0.25) is 21.8 Å². The fourth-order valence-corrected chi connectivity index (χ4v) is 7.09. The van der Waals surface area contributed by atoms with Crippen molar-refractivity contribution < 1.29 is 18.0 Å². The summed E-state index contributed by atoms with van der Waals surface area (Å²) >= 11 is 0. The maximum absolute atomic E-state index is 14.1. The smallest absolute Gasteiger partial charge is 0.243 e. The van der Waals surface area contributed by atoms with Crippen molar-refractivity contribution in [3.63, 3.8) is 0 Å². The zero-order valence-electron chi connectivity index (χ0n) is 26.6. The number of sulfonamides is 1. The van der Waals surface area contributed by atoms with Crippen molar-refractivity contribution in [2.75, 3.05) is 17.1 Å². The highest BCUT2D eigenvalue weighted by Gasteiger charge is 2.32. The Morgan fingerprint density at radius 1 is 0.864 bits per heavy atom. The van der Waals surface area contributed by atoms with E-state index in [9.17, 15) is 18.0 Å². The highest BCUT2D eigenvalue weighted by molar-refractivity contribution is 7.92. The van der Waals surface area contributed by atoms with Gasteiger partial charge in [-0.3, -0.25) is 13.9 Å². The molecule has 1 atom stereocenters. The van der Waals surface area contributed by atoms with Crippen molar-refractivity contribution >= 4 is 27.5 Å². The molecular formula is C36H47N3O4S. The van der Waals surface area contributed by atoms with E-state index in [1.54, 1.807) is 4.90 Å². The Labute approximate surface area is 263 Å². The molecule has 8 heteroatoms. The number of rotatable bonds is 13. The van der Waals surface area contributed by atoms with Crippen LogP contribution >= 0.6 is 0 Å². The minimum atomic E-state index is -3.57. The first-order valence-electron chi connectivity index (χ1n) is 15.8. The van der Waals surface area contributed by atoms with E-state index in [-0.39, 0.29) is 30.8 Å². The third-order valence-corrected chi connectivity index (χ3v) is 9.62. The zero-order chi connectivity index (χ0) is 31.7. The largest absolute Gasteiger partial charge is 0.352 e. The highest BCUT2D eigenvalue weighted by atomic mass is 32.2. The molecule has 4 rings (SSSR count). The lowest BCUT2D eigenvalue weighted by molar-refractivity contribution is -0.141. The number of aryl methyl sites for hydroxylation is 3. The first-order valence-corrected chi connectivity index (χ1v) is 17.6. The summed E-state index contributed by atoms with van der Waals surface area (Å²) in [5, 5.41) is 3.28. The fourth-order valence-electron chi connectivity index (χ4n) is 6.08. The second-order valence-corrected chi connectivity index (χ2v) is 14.2. The Hall–Kier alpha value is -3.65. The fraction of sp³-hybridized carbons (Fsp3) is 0.444. The zero-order valence-corrected chi connectivity index (χ0v) is 27.4. The average molecular weight is 618 g/mol. The first-order chi connectivity index (χ1) is 21.0. The van der Waals surface area contributed by atoms with E-state index in [1.165, 1.54) is 17.0 Å². The van der Waals surface area contributed by atoms with Crippen LogP contribution in [0.3, 0.4) is 0 Å². The molecule has 1 aliphatic rings. The van der Waals surface area contributed by atoms with Crippen LogP contribution in [0.25, 0.3) is 0 Å². The Bertz CT molecular complexity index is 1520. The van der Waals surface area contributed by atoms with Gasteiger partial charge in [-0.25, -0.2) is 8.42 Å². The van der Waals surface area contributed by atoms with Crippen molar-refractivity contribution in [3.05, 3.63) is 101 Å². The van der Waals surface area contributed by atoms with Crippen molar-refractivity contribution in [2.24, 2.45) is 0 Å². The molecule has 1 saturated carbocycles. The molecule has 1 aliphatic carbocycles. The lowest BCUT2D eigenvalue weighted by Gasteiger charge is -2.34. The molecule has 1 fully saturated rings. The van der Waals surface area contributed by atoms with Crippen LogP contribution in [0.5, 0.6) is 0 Å². The topological polar surface area (TPSA) is 86.8 Å². The number of hydrogen-bond donors (Lipinski definition) is 1. The van der Waals surface area contributed by atoms with E-state index in [1.807, 2.05) is 93.6 Å². The van der Waals surface area contributed by atoms with Crippen LogP contribution in [0.2, 0.25) is 0 Å². The minimum Gasteiger partial charge on any atom is -0.352 e. The van der Waals surface area contributed by atoms with Gasteiger partial charge < -0.3 is 10.2 Å². The Kier molecular flexibility index (Phi) is 11.6. The molecule has 1 N–H and O–H groups in total. The van der Waals surface area contributed by atoms with Crippen molar-refractivity contribution in [1.82, 2.24) is 10.2 Å². The summed E-state index contributed by atoms with van der Waals surface area (Å²) in [4.78, 5) is 29.8. The highest BCUT2D eigenvalue weighted by Crippen LogP contribution is 2.25. The van der Waals surface area contributed by atoms with E-state index in [0.29, 0.717) is 25.1 Å². The third kappa shape index (κ3) is 9.42. The van der Waals surface area contributed by atoms with Crippen molar-refractivity contribution in [1.29, 1.82) is 0 Å². The lowest BCUT2D eigenvalue weighted by atomic mass is 9.94. The summed E-state index contributed by atoms with van der Waals surface area (Å²) < 4.78 is 27.1. The summed E-state index contributed by atoms with van der Waals surface area (Å²) in [7, 11) is -3.57. The summed E-state index contributed by atoms with van der Waals surface area (Å²) in [5.41, 5.74) is 5.47. The van der Waals surface area contributed by atoms with Gasteiger partial charge in [-0.1, -0.05) is 91.6 Å². The van der Waals surface area contributed by atoms with Crippen LogP contribution in [0, 0.1) is 20.8 Å². The number of benzene rings is 3. The van der Waals surface area contributed by atoms with E-state index in [4.69, 9.17) is 0 Å². The number of nitrogens with zero attached hydrogens (tertiary/aromatic N) is 2. The molecule has 0 aliphatic heterocycles. The first kappa shape index (κ1) is 33.2. The van der Waals surface area contributed by atoms with Crippen molar-refractivity contribution in [3.8, 4) is 0 Å². The Morgan fingerprint density at radius 3 is 2.23 bits per heavy atom. The van der Waals surface area contributed by atoms with E-state index >= 15 is 0 Å². The SMILES string of the molecule is Cc1cccc(CN(C(=O)CCCN(c2cc(C)ccc2C)S(C)(=O)=O)[C@H](Cc2ccccc2)C(=O)NC2CCCCC2)c1. The van der Waals surface area contributed by atoms with Gasteiger partial charge in [-0.2, -0.15) is 0 Å². The Morgan fingerprint density at radius 2 is 1.55 bits per heavy atom. The third-order valence-electron chi connectivity index (χ3n) is 8.44. The molecule has 0 unspecified atom stereocenters. The second-order valence-electron chi connectivity index (χ2n) is 12.3. The minimum absolute atomic E-state index is 0.116. The van der Waals surface area contributed by atoms with Crippen LogP contribution in [0.4, 0.5) is 5.69 Å². The predicted molar refractivity (Wildman–Crippen MR) is 178 cm³/mol.